The van der Waals surface area contributed by atoms with E-state index in [0.29, 0.717) is 6.04 Å². The monoisotopic (exact) mass is 238 g/mol. The lowest BCUT2D eigenvalue weighted by Gasteiger charge is -2.28. The van der Waals surface area contributed by atoms with Crippen LogP contribution in [-0.2, 0) is 6.54 Å². The smallest absolute Gasteiger partial charge is 0.105 e. The van der Waals surface area contributed by atoms with E-state index >= 15 is 0 Å². The third-order valence-electron chi connectivity index (χ3n) is 3.26. The van der Waals surface area contributed by atoms with E-state index in [1.54, 1.807) is 6.26 Å². The fourth-order valence-electron chi connectivity index (χ4n) is 2.10. The standard InChI is InChI=1S/C14H26N2O/c1-5-7-14(10-15-6-2)16(4)11-13-8-9-17-12(13)3/h8-9,14-15H,5-7,10-11H2,1-4H3. The number of rotatable bonds is 8. The van der Waals surface area contributed by atoms with Crippen LogP contribution in [0.25, 0.3) is 0 Å². The summed E-state index contributed by atoms with van der Waals surface area (Å²) in [4.78, 5) is 2.42. The van der Waals surface area contributed by atoms with E-state index in [0.717, 1.165) is 25.4 Å². The number of nitrogens with zero attached hydrogens (tertiary/aromatic N) is 1. The molecule has 98 valence electrons. The maximum absolute atomic E-state index is 5.34. The summed E-state index contributed by atoms with van der Waals surface area (Å²) in [5.41, 5.74) is 1.30. The Kier molecular flexibility index (Phi) is 6.30. The SMILES string of the molecule is CCCC(CNCC)N(C)Cc1ccoc1C. The van der Waals surface area contributed by atoms with E-state index in [2.05, 4.69) is 37.2 Å². The maximum atomic E-state index is 5.34. The third kappa shape index (κ3) is 4.52. The molecule has 0 bridgehead atoms. The Hall–Kier alpha value is -0.800. The quantitative estimate of drug-likeness (QED) is 0.755. The van der Waals surface area contributed by atoms with Crippen LogP contribution in [-0.4, -0.2) is 31.1 Å². The summed E-state index contributed by atoms with van der Waals surface area (Å²) < 4.78 is 5.34. The molecule has 0 aliphatic heterocycles. The molecule has 0 aromatic carbocycles. The Morgan fingerprint density at radius 1 is 1.41 bits per heavy atom. The summed E-state index contributed by atoms with van der Waals surface area (Å²) in [5.74, 6) is 1.04. The zero-order valence-electron chi connectivity index (χ0n) is 11.6. The van der Waals surface area contributed by atoms with Gasteiger partial charge in [0.25, 0.3) is 0 Å². The van der Waals surface area contributed by atoms with Crippen LogP contribution in [0, 0.1) is 6.92 Å². The average Bonchev–Trinajstić information content (AvgIpc) is 2.70. The van der Waals surface area contributed by atoms with Crippen LogP contribution in [0.4, 0.5) is 0 Å². The van der Waals surface area contributed by atoms with Crippen molar-refractivity contribution in [3.05, 3.63) is 23.7 Å². The first kappa shape index (κ1) is 14.3. The Balaban J connectivity index is 2.52. The Bertz CT molecular complexity index is 309. The molecule has 1 aromatic heterocycles. The minimum absolute atomic E-state index is 0.606. The van der Waals surface area contributed by atoms with E-state index in [-0.39, 0.29) is 0 Å². The normalized spacial score (nSPS) is 13.2. The van der Waals surface area contributed by atoms with Gasteiger partial charge < -0.3 is 9.73 Å². The van der Waals surface area contributed by atoms with Crippen LogP contribution >= 0.6 is 0 Å². The van der Waals surface area contributed by atoms with E-state index in [9.17, 15) is 0 Å². The minimum Gasteiger partial charge on any atom is -0.469 e. The maximum Gasteiger partial charge on any atom is 0.105 e. The van der Waals surface area contributed by atoms with Crippen LogP contribution in [0.5, 0.6) is 0 Å². The molecule has 1 heterocycles. The molecule has 0 amide bonds. The predicted molar refractivity (Wildman–Crippen MR) is 72.2 cm³/mol. The van der Waals surface area contributed by atoms with Gasteiger partial charge in [0.1, 0.15) is 5.76 Å². The van der Waals surface area contributed by atoms with Gasteiger partial charge in [-0.25, -0.2) is 0 Å². The molecule has 0 spiro atoms. The highest BCUT2D eigenvalue weighted by Gasteiger charge is 2.15. The Morgan fingerprint density at radius 2 is 2.18 bits per heavy atom. The van der Waals surface area contributed by atoms with Gasteiger partial charge in [-0.2, -0.15) is 0 Å². The molecule has 0 radical (unpaired) electrons. The van der Waals surface area contributed by atoms with Gasteiger partial charge in [0.15, 0.2) is 0 Å². The first-order valence-corrected chi connectivity index (χ1v) is 6.62. The van der Waals surface area contributed by atoms with Gasteiger partial charge in [-0.05, 0) is 33.0 Å². The second-order valence-electron chi connectivity index (χ2n) is 4.67. The van der Waals surface area contributed by atoms with E-state index in [4.69, 9.17) is 4.42 Å². The lowest BCUT2D eigenvalue weighted by Crippen LogP contribution is -2.39. The molecule has 1 N–H and O–H groups in total. The molecule has 0 saturated heterocycles. The molecule has 17 heavy (non-hydrogen) atoms. The second kappa shape index (κ2) is 7.51. The lowest BCUT2D eigenvalue weighted by molar-refractivity contribution is 0.214. The fourth-order valence-corrected chi connectivity index (χ4v) is 2.10. The van der Waals surface area contributed by atoms with Gasteiger partial charge in [0.05, 0.1) is 6.26 Å². The first-order chi connectivity index (χ1) is 8.19. The Morgan fingerprint density at radius 3 is 2.71 bits per heavy atom. The van der Waals surface area contributed by atoms with Crippen molar-refractivity contribution in [1.29, 1.82) is 0 Å². The molecule has 1 rings (SSSR count). The molecule has 1 aromatic rings. The van der Waals surface area contributed by atoms with Crippen LogP contribution < -0.4 is 5.32 Å². The summed E-state index contributed by atoms with van der Waals surface area (Å²) >= 11 is 0. The van der Waals surface area contributed by atoms with Crippen LogP contribution in [0.2, 0.25) is 0 Å². The second-order valence-corrected chi connectivity index (χ2v) is 4.67. The predicted octanol–water partition coefficient (Wildman–Crippen LogP) is 2.80. The molecule has 0 fully saturated rings. The van der Waals surface area contributed by atoms with Crippen molar-refractivity contribution in [3.8, 4) is 0 Å². The highest BCUT2D eigenvalue weighted by atomic mass is 16.3. The third-order valence-corrected chi connectivity index (χ3v) is 3.26. The lowest BCUT2D eigenvalue weighted by atomic mass is 10.1. The van der Waals surface area contributed by atoms with Crippen molar-refractivity contribution in [1.82, 2.24) is 10.2 Å². The van der Waals surface area contributed by atoms with Gasteiger partial charge >= 0.3 is 0 Å². The number of furan rings is 1. The molecule has 0 aliphatic carbocycles. The Labute approximate surface area is 105 Å². The van der Waals surface area contributed by atoms with Gasteiger partial charge in [0, 0.05) is 24.7 Å². The molecule has 0 saturated carbocycles. The average molecular weight is 238 g/mol. The van der Waals surface area contributed by atoms with Crippen molar-refractivity contribution in [3.63, 3.8) is 0 Å². The molecule has 0 aliphatic rings. The van der Waals surface area contributed by atoms with Crippen molar-refractivity contribution in [2.24, 2.45) is 0 Å². The topological polar surface area (TPSA) is 28.4 Å². The zero-order valence-corrected chi connectivity index (χ0v) is 11.6. The molecule has 1 unspecified atom stereocenters. The number of hydrogen-bond donors (Lipinski definition) is 1. The van der Waals surface area contributed by atoms with Crippen LogP contribution in [0.3, 0.4) is 0 Å². The summed E-state index contributed by atoms with van der Waals surface area (Å²) in [6, 6.07) is 2.68. The first-order valence-electron chi connectivity index (χ1n) is 6.62. The van der Waals surface area contributed by atoms with Gasteiger partial charge in [-0.3, -0.25) is 4.90 Å². The van der Waals surface area contributed by atoms with Crippen molar-refractivity contribution in [2.45, 2.75) is 46.2 Å². The minimum atomic E-state index is 0.606. The van der Waals surface area contributed by atoms with Crippen LogP contribution in [0.1, 0.15) is 38.0 Å². The molecular weight excluding hydrogens is 212 g/mol. The van der Waals surface area contributed by atoms with E-state index in [1.807, 2.05) is 6.92 Å². The molecule has 1 atom stereocenters. The van der Waals surface area contributed by atoms with Gasteiger partial charge in [-0.15, -0.1) is 0 Å². The molecular formula is C14H26N2O. The number of hydrogen-bond acceptors (Lipinski definition) is 3. The largest absolute Gasteiger partial charge is 0.469 e. The molecule has 3 nitrogen and oxygen atoms in total. The summed E-state index contributed by atoms with van der Waals surface area (Å²) in [6.07, 6.45) is 4.24. The highest BCUT2D eigenvalue weighted by molar-refractivity contribution is 5.15. The highest BCUT2D eigenvalue weighted by Crippen LogP contribution is 2.14. The number of nitrogens with one attached hydrogen (secondary N) is 1. The number of likely N-dealkylation sites (N-methyl/N-ethyl adjacent to an activating group) is 2. The van der Waals surface area contributed by atoms with Crippen LogP contribution in [0.15, 0.2) is 16.7 Å². The van der Waals surface area contributed by atoms with Crippen molar-refractivity contribution >= 4 is 0 Å². The van der Waals surface area contributed by atoms with Gasteiger partial charge in [0.2, 0.25) is 0 Å². The van der Waals surface area contributed by atoms with E-state index in [1.165, 1.54) is 18.4 Å². The summed E-state index contributed by atoms with van der Waals surface area (Å²) in [5, 5.41) is 3.44. The van der Waals surface area contributed by atoms with Crippen molar-refractivity contribution < 1.29 is 4.42 Å². The zero-order chi connectivity index (χ0) is 12.7. The molecule has 3 heteroatoms. The van der Waals surface area contributed by atoms with Crippen molar-refractivity contribution in [2.75, 3.05) is 20.1 Å². The number of aryl methyl sites for hydroxylation is 1. The summed E-state index contributed by atoms with van der Waals surface area (Å²) in [6.45, 7) is 9.51. The fraction of sp³-hybridized carbons (Fsp3) is 0.714. The van der Waals surface area contributed by atoms with Gasteiger partial charge in [-0.1, -0.05) is 20.3 Å². The summed E-state index contributed by atoms with van der Waals surface area (Å²) in [7, 11) is 2.20. The van der Waals surface area contributed by atoms with E-state index < -0.39 is 0 Å².